The van der Waals surface area contributed by atoms with Crippen molar-refractivity contribution in [3.8, 4) is 0 Å². The summed E-state index contributed by atoms with van der Waals surface area (Å²) in [6, 6.07) is 15.1. The highest BCUT2D eigenvalue weighted by Gasteiger charge is 2.35. The van der Waals surface area contributed by atoms with E-state index < -0.39 is 0 Å². The maximum Gasteiger partial charge on any atom is 0.319 e. The standard InChI is InChI=1S/C26H34ClN3O/c1-18-6-7-19(2)24(16-18)29-26(31)28-23-4-3-5-25(23)30-14-12-21(13-15-30)17-20-8-10-22(27)11-9-20/h6-11,16,21,23,25H,3-5,12-15,17H2,1-2H3,(H2,28,29,31). The number of urea groups is 1. The van der Waals surface area contributed by atoms with Gasteiger partial charge in [0.1, 0.15) is 0 Å². The van der Waals surface area contributed by atoms with Gasteiger partial charge in [-0.3, -0.25) is 4.90 Å². The van der Waals surface area contributed by atoms with Crippen molar-refractivity contribution >= 4 is 23.3 Å². The van der Waals surface area contributed by atoms with Crippen molar-refractivity contribution in [2.75, 3.05) is 18.4 Å². The van der Waals surface area contributed by atoms with Crippen LogP contribution in [-0.2, 0) is 6.42 Å². The van der Waals surface area contributed by atoms with E-state index in [1.165, 1.54) is 31.2 Å². The molecule has 1 saturated heterocycles. The number of hydrogen-bond acceptors (Lipinski definition) is 2. The van der Waals surface area contributed by atoms with Gasteiger partial charge in [0.25, 0.3) is 0 Å². The lowest BCUT2D eigenvalue weighted by molar-refractivity contribution is 0.119. The van der Waals surface area contributed by atoms with Gasteiger partial charge in [0.05, 0.1) is 0 Å². The Kier molecular flexibility index (Phi) is 7.19. The third-order valence-electron chi connectivity index (χ3n) is 6.99. The zero-order chi connectivity index (χ0) is 21.8. The second kappa shape index (κ2) is 10.1. The number of carbonyl (C=O) groups is 1. The minimum absolute atomic E-state index is 0.0803. The number of amides is 2. The van der Waals surface area contributed by atoms with Gasteiger partial charge in [0, 0.05) is 22.8 Å². The largest absolute Gasteiger partial charge is 0.334 e. The number of nitrogens with zero attached hydrogens (tertiary/aromatic N) is 1. The van der Waals surface area contributed by atoms with Gasteiger partial charge in [-0.05, 0) is 106 Å². The number of likely N-dealkylation sites (tertiary alicyclic amines) is 1. The van der Waals surface area contributed by atoms with Crippen molar-refractivity contribution < 1.29 is 4.79 Å². The highest BCUT2D eigenvalue weighted by molar-refractivity contribution is 6.30. The lowest BCUT2D eigenvalue weighted by Crippen LogP contribution is -2.52. The van der Waals surface area contributed by atoms with E-state index >= 15 is 0 Å². The molecule has 2 aliphatic rings. The molecule has 5 heteroatoms. The third kappa shape index (κ3) is 5.81. The Morgan fingerprint density at radius 1 is 1.03 bits per heavy atom. The van der Waals surface area contributed by atoms with Gasteiger partial charge in [-0.2, -0.15) is 0 Å². The van der Waals surface area contributed by atoms with Crippen molar-refractivity contribution in [1.82, 2.24) is 10.2 Å². The lowest BCUT2D eigenvalue weighted by Gasteiger charge is -2.38. The first-order chi connectivity index (χ1) is 15.0. The van der Waals surface area contributed by atoms with Crippen LogP contribution in [0.15, 0.2) is 42.5 Å². The number of aryl methyl sites for hydroxylation is 2. The topological polar surface area (TPSA) is 44.4 Å². The van der Waals surface area contributed by atoms with E-state index in [1.54, 1.807) is 0 Å². The summed E-state index contributed by atoms with van der Waals surface area (Å²) in [6.07, 6.45) is 7.01. The fourth-order valence-electron chi connectivity index (χ4n) is 5.19. The van der Waals surface area contributed by atoms with Crippen molar-refractivity contribution in [2.45, 2.75) is 64.5 Å². The first kappa shape index (κ1) is 22.2. The van der Waals surface area contributed by atoms with Crippen LogP contribution in [0.25, 0.3) is 0 Å². The smallest absolute Gasteiger partial charge is 0.319 e. The van der Waals surface area contributed by atoms with Crippen molar-refractivity contribution in [3.05, 3.63) is 64.2 Å². The van der Waals surface area contributed by atoms with Gasteiger partial charge in [-0.1, -0.05) is 35.9 Å². The minimum Gasteiger partial charge on any atom is -0.334 e. The van der Waals surface area contributed by atoms with Crippen LogP contribution in [0.5, 0.6) is 0 Å². The van der Waals surface area contributed by atoms with E-state index in [1.807, 2.05) is 32.0 Å². The summed E-state index contributed by atoms with van der Waals surface area (Å²) in [6.45, 7) is 6.33. The van der Waals surface area contributed by atoms with Crippen LogP contribution in [0.1, 0.15) is 48.8 Å². The average Bonchev–Trinajstić information content (AvgIpc) is 3.21. The number of piperidine rings is 1. The molecule has 2 aromatic rings. The Morgan fingerprint density at radius 2 is 1.77 bits per heavy atom. The Morgan fingerprint density at radius 3 is 2.52 bits per heavy atom. The molecular formula is C26H34ClN3O. The van der Waals surface area contributed by atoms with Crippen molar-refractivity contribution in [2.24, 2.45) is 5.92 Å². The summed E-state index contributed by atoms with van der Waals surface area (Å²) >= 11 is 6.01. The first-order valence-corrected chi connectivity index (χ1v) is 12.0. The molecular weight excluding hydrogens is 406 g/mol. The highest BCUT2D eigenvalue weighted by Crippen LogP contribution is 2.30. The van der Waals surface area contributed by atoms with Crippen LogP contribution in [0.4, 0.5) is 10.5 Å². The molecule has 0 bridgehead atoms. The lowest BCUT2D eigenvalue weighted by atomic mass is 9.89. The SMILES string of the molecule is Cc1ccc(C)c(NC(=O)NC2CCCC2N2CCC(Cc3ccc(Cl)cc3)CC2)c1. The molecule has 1 heterocycles. The normalized spacial score (nSPS) is 22.4. The summed E-state index contributed by atoms with van der Waals surface area (Å²) in [4.78, 5) is 15.3. The fraction of sp³-hybridized carbons (Fsp3) is 0.500. The monoisotopic (exact) mass is 439 g/mol. The second-order valence-electron chi connectivity index (χ2n) is 9.33. The predicted molar refractivity (Wildman–Crippen MR) is 129 cm³/mol. The molecule has 4 nitrogen and oxygen atoms in total. The van der Waals surface area contributed by atoms with Crippen molar-refractivity contribution in [1.29, 1.82) is 0 Å². The maximum absolute atomic E-state index is 12.7. The molecule has 2 amide bonds. The molecule has 31 heavy (non-hydrogen) atoms. The predicted octanol–water partition coefficient (Wildman–Crippen LogP) is 5.95. The molecule has 2 N–H and O–H groups in total. The number of carbonyl (C=O) groups excluding carboxylic acids is 1. The Bertz CT molecular complexity index is 890. The van der Waals surface area contributed by atoms with Crippen LogP contribution in [-0.4, -0.2) is 36.1 Å². The van der Waals surface area contributed by atoms with E-state index in [-0.39, 0.29) is 12.1 Å². The molecule has 2 aromatic carbocycles. The molecule has 0 spiro atoms. The Balaban J connectivity index is 1.28. The van der Waals surface area contributed by atoms with Crippen LogP contribution in [0, 0.1) is 19.8 Å². The summed E-state index contributed by atoms with van der Waals surface area (Å²) in [7, 11) is 0. The van der Waals surface area contributed by atoms with E-state index in [0.29, 0.717) is 6.04 Å². The van der Waals surface area contributed by atoms with Gasteiger partial charge in [0.2, 0.25) is 0 Å². The molecule has 2 atom stereocenters. The van der Waals surface area contributed by atoms with E-state index in [2.05, 4.69) is 39.8 Å². The number of anilines is 1. The number of nitrogens with one attached hydrogen (secondary N) is 2. The summed E-state index contributed by atoms with van der Waals surface area (Å²) in [5.74, 6) is 0.734. The number of benzene rings is 2. The Hall–Kier alpha value is -2.04. The zero-order valence-electron chi connectivity index (χ0n) is 18.7. The molecule has 0 radical (unpaired) electrons. The number of hydrogen-bond donors (Lipinski definition) is 2. The van der Waals surface area contributed by atoms with Crippen LogP contribution >= 0.6 is 11.6 Å². The average molecular weight is 440 g/mol. The molecule has 2 fully saturated rings. The molecule has 4 rings (SSSR count). The quantitative estimate of drug-likeness (QED) is 0.604. The minimum atomic E-state index is -0.0803. The Labute approximate surface area is 191 Å². The van der Waals surface area contributed by atoms with Gasteiger partial charge < -0.3 is 10.6 Å². The molecule has 1 aliphatic carbocycles. The molecule has 0 aromatic heterocycles. The number of halogens is 1. The van der Waals surface area contributed by atoms with Gasteiger partial charge in [-0.15, -0.1) is 0 Å². The second-order valence-corrected chi connectivity index (χ2v) is 9.77. The fourth-order valence-corrected chi connectivity index (χ4v) is 5.31. The van der Waals surface area contributed by atoms with Crippen molar-refractivity contribution in [3.63, 3.8) is 0 Å². The molecule has 2 unspecified atom stereocenters. The van der Waals surface area contributed by atoms with E-state index in [4.69, 9.17) is 11.6 Å². The summed E-state index contributed by atoms with van der Waals surface area (Å²) < 4.78 is 0. The van der Waals surface area contributed by atoms with E-state index in [9.17, 15) is 4.79 Å². The molecule has 166 valence electrons. The first-order valence-electron chi connectivity index (χ1n) is 11.6. The molecule has 1 saturated carbocycles. The maximum atomic E-state index is 12.7. The third-order valence-corrected chi connectivity index (χ3v) is 7.24. The van der Waals surface area contributed by atoms with Gasteiger partial charge in [-0.25, -0.2) is 4.79 Å². The van der Waals surface area contributed by atoms with Crippen LogP contribution in [0.2, 0.25) is 5.02 Å². The van der Waals surface area contributed by atoms with Crippen LogP contribution < -0.4 is 10.6 Å². The number of rotatable bonds is 5. The van der Waals surface area contributed by atoms with Gasteiger partial charge >= 0.3 is 6.03 Å². The zero-order valence-corrected chi connectivity index (χ0v) is 19.4. The summed E-state index contributed by atoms with van der Waals surface area (Å²) in [5.41, 5.74) is 4.52. The van der Waals surface area contributed by atoms with Gasteiger partial charge in [0.15, 0.2) is 0 Å². The van der Waals surface area contributed by atoms with Crippen LogP contribution in [0.3, 0.4) is 0 Å². The summed E-state index contributed by atoms with van der Waals surface area (Å²) in [5, 5.41) is 7.14. The highest BCUT2D eigenvalue weighted by atomic mass is 35.5. The molecule has 1 aliphatic heterocycles. The van der Waals surface area contributed by atoms with E-state index in [0.717, 1.165) is 53.7 Å².